The number of nitrogens with one attached hydrogen (secondary N) is 1. The molecule has 0 rings (SSSR count). The minimum absolute atomic E-state index is 0.234. The predicted octanol–water partition coefficient (Wildman–Crippen LogP) is -1.55. The number of carbonyl (C=O) groups excluding carboxylic acids is 2. The van der Waals surface area contributed by atoms with Gasteiger partial charge in [0.1, 0.15) is 6.04 Å². The van der Waals surface area contributed by atoms with Gasteiger partial charge in [0, 0.05) is 0 Å². The van der Waals surface area contributed by atoms with Crippen molar-refractivity contribution < 1.29 is 19.5 Å². The van der Waals surface area contributed by atoms with E-state index in [1.54, 1.807) is 0 Å². The van der Waals surface area contributed by atoms with E-state index in [4.69, 9.17) is 17.3 Å². The molecular formula is C8H10N2O4. The number of carboxylic acids is 1. The van der Waals surface area contributed by atoms with Crippen LogP contribution in [0.2, 0.25) is 0 Å². The van der Waals surface area contributed by atoms with E-state index in [0.717, 1.165) is 0 Å². The second-order valence-corrected chi connectivity index (χ2v) is 2.51. The van der Waals surface area contributed by atoms with Crippen molar-refractivity contribution in [3.05, 3.63) is 0 Å². The molecule has 0 saturated carbocycles. The van der Waals surface area contributed by atoms with Gasteiger partial charge in [0.05, 0.1) is 12.8 Å². The van der Waals surface area contributed by atoms with Crippen LogP contribution in [-0.4, -0.2) is 28.9 Å². The van der Waals surface area contributed by atoms with Gasteiger partial charge in [-0.3, -0.25) is 9.59 Å². The third kappa shape index (κ3) is 4.77. The number of carbonyl (C=O) groups is 3. The zero-order valence-electron chi connectivity index (χ0n) is 7.32. The van der Waals surface area contributed by atoms with Gasteiger partial charge in [-0.1, -0.05) is 5.92 Å². The fraction of sp³-hybridized carbons (Fsp3) is 0.375. The van der Waals surface area contributed by atoms with E-state index in [2.05, 4.69) is 5.32 Å². The monoisotopic (exact) mass is 198 g/mol. The summed E-state index contributed by atoms with van der Waals surface area (Å²) in [5, 5.41) is 10.6. The number of carboxylic acid groups (broad SMARTS) is 1. The Bertz CT molecular complexity index is 292. The lowest BCUT2D eigenvalue weighted by Crippen LogP contribution is -2.43. The molecule has 0 aliphatic rings. The van der Waals surface area contributed by atoms with Gasteiger partial charge >= 0.3 is 5.97 Å². The van der Waals surface area contributed by atoms with Crippen molar-refractivity contribution in [2.75, 3.05) is 0 Å². The third-order valence-electron chi connectivity index (χ3n) is 1.30. The van der Waals surface area contributed by atoms with E-state index < -0.39 is 30.2 Å². The van der Waals surface area contributed by atoms with Gasteiger partial charge in [0.25, 0.3) is 0 Å². The molecule has 0 saturated heterocycles. The zero-order chi connectivity index (χ0) is 11.1. The molecule has 2 amide bonds. The van der Waals surface area contributed by atoms with Crippen LogP contribution in [0.15, 0.2) is 0 Å². The minimum Gasteiger partial charge on any atom is -0.480 e. The van der Waals surface area contributed by atoms with Gasteiger partial charge < -0.3 is 16.2 Å². The first-order valence-corrected chi connectivity index (χ1v) is 3.71. The highest BCUT2D eigenvalue weighted by Crippen LogP contribution is 1.92. The lowest BCUT2D eigenvalue weighted by Gasteiger charge is -2.11. The van der Waals surface area contributed by atoms with Gasteiger partial charge in [-0.05, 0) is 0 Å². The number of aliphatic carboxylic acids is 1. The summed E-state index contributed by atoms with van der Waals surface area (Å²) in [6.45, 7) is 0. The van der Waals surface area contributed by atoms with Crippen LogP contribution in [0.4, 0.5) is 0 Å². The molecule has 0 aliphatic carbocycles. The largest absolute Gasteiger partial charge is 0.480 e. The molecule has 0 radical (unpaired) electrons. The molecule has 0 aromatic rings. The van der Waals surface area contributed by atoms with Gasteiger partial charge in [-0.2, -0.15) is 0 Å². The highest BCUT2D eigenvalue weighted by atomic mass is 16.4. The Morgan fingerprint density at radius 2 is 2.07 bits per heavy atom. The lowest BCUT2D eigenvalue weighted by molar-refractivity contribution is -0.143. The number of amides is 2. The molecule has 76 valence electrons. The van der Waals surface area contributed by atoms with Crippen molar-refractivity contribution in [1.29, 1.82) is 0 Å². The minimum atomic E-state index is -1.32. The summed E-state index contributed by atoms with van der Waals surface area (Å²) in [7, 11) is 0. The summed E-state index contributed by atoms with van der Waals surface area (Å²) in [6.07, 6.45) is 4.15. The summed E-state index contributed by atoms with van der Waals surface area (Å²) in [5.41, 5.74) is 4.79. The standard InChI is InChI=1S/C8H10N2O4/c1-2-3-7(12)10-5(8(13)14)4-6(9)11/h1,5H,3-4H2,(H2,9,11)(H,10,12)(H,13,14)/t5-/m1/s1. The maximum atomic E-state index is 10.9. The topological polar surface area (TPSA) is 109 Å². The summed E-state index contributed by atoms with van der Waals surface area (Å²) >= 11 is 0. The Labute approximate surface area is 80.5 Å². The van der Waals surface area contributed by atoms with Crippen LogP contribution < -0.4 is 11.1 Å². The molecule has 0 aromatic heterocycles. The highest BCUT2D eigenvalue weighted by Gasteiger charge is 2.21. The quantitative estimate of drug-likeness (QED) is 0.465. The first-order valence-electron chi connectivity index (χ1n) is 3.71. The Kier molecular flexibility index (Phi) is 4.78. The molecule has 6 nitrogen and oxygen atoms in total. The molecule has 0 aliphatic heterocycles. The third-order valence-corrected chi connectivity index (χ3v) is 1.30. The van der Waals surface area contributed by atoms with Gasteiger partial charge in [0.2, 0.25) is 11.8 Å². The Hall–Kier alpha value is -2.03. The number of terminal acetylenes is 1. The molecule has 14 heavy (non-hydrogen) atoms. The van der Waals surface area contributed by atoms with Crippen LogP contribution in [0.3, 0.4) is 0 Å². The summed E-state index contributed by atoms with van der Waals surface area (Å²) < 4.78 is 0. The van der Waals surface area contributed by atoms with E-state index in [0.29, 0.717) is 0 Å². The number of rotatable bonds is 5. The molecule has 1 atom stereocenters. The smallest absolute Gasteiger partial charge is 0.326 e. The molecule has 0 unspecified atom stereocenters. The summed E-state index contributed by atoms with van der Waals surface area (Å²) in [4.78, 5) is 31.8. The first kappa shape index (κ1) is 12.0. The predicted molar refractivity (Wildman–Crippen MR) is 46.8 cm³/mol. The second-order valence-electron chi connectivity index (χ2n) is 2.51. The highest BCUT2D eigenvalue weighted by molar-refractivity contribution is 5.88. The van der Waals surface area contributed by atoms with E-state index in [9.17, 15) is 14.4 Å². The van der Waals surface area contributed by atoms with Crippen molar-refractivity contribution in [2.45, 2.75) is 18.9 Å². The normalized spacial score (nSPS) is 11.1. The summed E-state index contributed by atoms with van der Waals surface area (Å²) in [5.74, 6) is -0.712. The number of primary amides is 1. The Morgan fingerprint density at radius 1 is 1.50 bits per heavy atom. The average molecular weight is 198 g/mol. The van der Waals surface area contributed by atoms with Gasteiger partial charge in [0.15, 0.2) is 0 Å². The molecular weight excluding hydrogens is 188 g/mol. The number of hydrogen-bond donors (Lipinski definition) is 3. The van der Waals surface area contributed by atoms with Crippen molar-refractivity contribution in [2.24, 2.45) is 5.73 Å². The van der Waals surface area contributed by atoms with Crippen LogP contribution in [0.1, 0.15) is 12.8 Å². The number of hydrogen-bond acceptors (Lipinski definition) is 3. The fourth-order valence-corrected chi connectivity index (χ4v) is 0.739. The maximum absolute atomic E-state index is 10.9. The zero-order valence-corrected chi connectivity index (χ0v) is 7.32. The fourth-order valence-electron chi connectivity index (χ4n) is 0.739. The van der Waals surface area contributed by atoms with Crippen LogP contribution in [0.5, 0.6) is 0 Å². The van der Waals surface area contributed by atoms with Crippen molar-refractivity contribution in [1.82, 2.24) is 5.32 Å². The molecule has 4 N–H and O–H groups in total. The second kappa shape index (κ2) is 5.59. The van der Waals surface area contributed by atoms with Crippen LogP contribution in [-0.2, 0) is 14.4 Å². The van der Waals surface area contributed by atoms with Crippen molar-refractivity contribution in [3.63, 3.8) is 0 Å². The van der Waals surface area contributed by atoms with E-state index in [1.807, 2.05) is 5.92 Å². The SMILES string of the molecule is C#CCC(=O)N[C@H](CC(N)=O)C(=O)O. The molecule has 0 heterocycles. The lowest BCUT2D eigenvalue weighted by atomic mass is 10.2. The van der Waals surface area contributed by atoms with E-state index in [-0.39, 0.29) is 6.42 Å². The van der Waals surface area contributed by atoms with Crippen LogP contribution in [0.25, 0.3) is 0 Å². The molecule has 6 heteroatoms. The van der Waals surface area contributed by atoms with Crippen LogP contribution >= 0.6 is 0 Å². The molecule has 0 fully saturated rings. The molecule has 0 aromatic carbocycles. The Morgan fingerprint density at radius 3 is 2.43 bits per heavy atom. The van der Waals surface area contributed by atoms with Crippen molar-refractivity contribution in [3.8, 4) is 12.3 Å². The van der Waals surface area contributed by atoms with E-state index in [1.165, 1.54) is 0 Å². The van der Waals surface area contributed by atoms with Gasteiger partial charge in [-0.25, -0.2) is 4.79 Å². The molecule has 0 bridgehead atoms. The Balaban J connectivity index is 4.24. The van der Waals surface area contributed by atoms with Gasteiger partial charge in [-0.15, -0.1) is 6.42 Å². The number of nitrogens with two attached hydrogens (primary N) is 1. The van der Waals surface area contributed by atoms with E-state index >= 15 is 0 Å². The first-order chi connectivity index (χ1) is 6.47. The van der Waals surface area contributed by atoms with Crippen molar-refractivity contribution >= 4 is 17.8 Å². The van der Waals surface area contributed by atoms with Crippen LogP contribution in [0, 0.1) is 12.3 Å². The average Bonchev–Trinajstić information content (AvgIpc) is 2.02. The maximum Gasteiger partial charge on any atom is 0.326 e. The molecule has 0 spiro atoms. The summed E-state index contributed by atoms with van der Waals surface area (Å²) in [6, 6.07) is -1.31.